The van der Waals surface area contributed by atoms with Gasteiger partial charge in [-0.3, -0.25) is 0 Å². The van der Waals surface area contributed by atoms with Crippen LogP contribution in [0.2, 0.25) is 0 Å². The molecule has 88 valence electrons. The normalized spacial score (nSPS) is 15.2. The van der Waals surface area contributed by atoms with Crippen LogP contribution in [0.4, 0.5) is 11.6 Å². The Morgan fingerprint density at radius 1 is 1.31 bits per heavy atom. The van der Waals surface area contributed by atoms with E-state index in [1.54, 1.807) is 0 Å². The zero-order valence-corrected chi connectivity index (χ0v) is 10.2. The molecular formula is C12H20N4. The summed E-state index contributed by atoms with van der Waals surface area (Å²) in [6.45, 7) is 5.33. The van der Waals surface area contributed by atoms with E-state index in [-0.39, 0.29) is 0 Å². The van der Waals surface area contributed by atoms with Crippen molar-refractivity contribution in [3.05, 3.63) is 11.9 Å². The molecule has 4 heteroatoms. The molecule has 0 atom stereocenters. The molecule has 2 rings (SSSR count). The Hall–Kier alpha value is -1.32. The summed E-state index contributed by atoms with van der Waals surface area (Å²) in [5, 5.41) is 6.44. The molecule has 0 saturated heterocycles. The van der Waals surface area contributed by atoms with E-state index in [4.69, 9.17) is 0 Å². The second kappa shape index (κ2) is 4.68. The van der Waals surface area contributed by atoms with Gasteiger partial charge in [0.15, 0.2) is 0 Å². The number of nitrogens with one attached hydrogen (secondary N) is 2. The van der Waals surface area contributed by atoms with Crippen LogP contribution in [0.25, 0.3) is 0 Å². The number of anilines is 2. The smallest absolute Gasteiger partial charge is 0.136 e. The average molecular weight is 220 g/mol. The minimum atomic E-state index is 0.591. The summed E-state index contributed by atoms with van der Waals surface area (Å²) in [5.74, 6) is 4.04. The monoisotopic (exact) mass is 220 g/mol. The van der Waals surface area contributed by atoms with Crippen LogP contribution in [0.1, 0.15) is 38.4 Å². The first-order valence-electron chi connectivity index (χ1n) is 5.99. The van der Waals surface area contributed by atoms with E-state index in [1.165, 1.54) is 12.8 Å². The minimum Gasteiger partial charge on any atom is -0.373 e. The van der Waals surface area contributed by atoms with Crippen molar-refractivity contribution in [2.75, 3.05) is 24.2 Å². The van der Waals surface area contributed by atoms with Crippen molar-refractivity contribution in [2.45, 2.75) is 32.6 Å². The lowest BCUT2D eigenvalue weighted by Gasteiger charge is -2.11. The second-order valence-electron chi connectivity index (χ2n) is 4.80. The lowest BCUT2D eigenvalue weighted by Crippen LogP contribution is -2.11. The Kier molecular flexibility index (Phi) is 3.27. The van der Waals surface area contributed by atoms with Gasteiger partial charge in [-0.1, -0.05) is 13.8 Å². The van der Waals surface area contributed by atoms with Gasteiger partial charge in [0.1, 0.15) is 17.5 Å². The first-order valence-corrected chi connectivity index (χ1v) is 5.99. The largest absolute Gasteiger partial charge is 0.373 e. The van der Waals surface area contributed by atoms with Gasteiger partial charge in [-0.15, -0.1) is 0 Å². The fourth-order valence-corrected chi connectivity index (χ4v) is 1.52. The molecule has 0 radical (unpaired) electrons. The maximum Gasteiger partial charge on any atom is 0.136 e. The van der Waals surface area contributed by atoms with Gasteiger partial charge in [0, 0.05) is 25.6 Å². The van der Waals surface area contributed by atoms with Crippen LogP contribution in [-0.4, -0.2) is 23.6 Å². The summed E-state index contributed by atoms with van der Waals surface area (Å²) in [5.41, 5.74) is 0. The van der Waals surface area contributed by atoms with E-state index in [1.807, 2.05) is 13.1 Å². The molecule has 0 amide bonds. The zero-order chi connectivity index (χ0) is 11.5. The van der Waals surface area contributed by atoms with Crippen molar-refractivity contribution in [1.29, 1.82) is 0 Å². The third-order valence-corrected chi connectivity index (χ3v) is 2.63. The molecule has 2 N–H and O–H groups in total. The predicted octanol–water partition coefficient (Wildman–Crippen LogP) is 2.46. The van der Waals surface area contributed by atoms with Gasteiger partial charge in [-0.05, 0) is 18.8 Å². The quantitative estimate of drug-likeness (QED) is 0.800. The third-order valence-electron chi connectivity index (χ3n) is 2.63. The summed E-state index contributed by atoms with van der Waals surface area (Å²) < 4.78 is 0. The van der Waals surface area contributed by atoms with Crippen molar-refractivity contribution >= 4 is 11.6 Å². The number of hydrogen-bond acceptors (Lipinski definition) is 4. The Labute approximate surface area is 96.9 Å². The maximum atomic E-state index is 4.55. The third kappa shape index (κ3) is 2.84. The number of nitrogens with zero attached hydrogens (tertiary/aromatic N) is 2. The predicted molar refractivity (Wildman–Crippen MR) is 66.9 cm³/mol. The molecule has 1 aliphatic rings. The molecule has 0 aromatic carbocycles. The van der Waals surface area contributed by atoms with E-state index >= 15 is 0 Å². The van der Waals surface area contributed by atoms with Gasteiger partial charge < -0.3 is 10.6 Å². The first-order chi connectivity index (χ1) is 7.69. The fraction of sp³-hybridized carbons (Fsp3) is 0.667. The van der Waals surface area contributed by atoms with Crippen LogP contribution in [-0.2, 0) is 0 Å². The molecule has 0 unspecified atom stereocenters. The Morgan fingerprint density at radius 2 is 2.00 bits per heavy atom. The molecule has 16 heavy (non-hydrogen) atoms. The van der Waals surface area contributed by atoms with Crippen molar-refractivity contribution in [2.24, 2.45) is 5.92 Å². The molecule has 4 nitrogen and oxygen atoms in total. The lowest BCUT2D eigenvalue weighted by molar-refractivity contribution is 0.686. The Bertz CT molecular complexity index is 358. The molecule has 1 aromatic rings. The molecule has 1 fully saturated rings. The number of aromatic nitrogens is 2. The van der Waals surface area contributed by atoms with Crippen molar-refractivity contribution in [1.82, 2.24) is 9.97 Å². The SMILES string of the molecule is CNc1cc(NCC(C)C)nc(C2CC2)n1. The van der Waals surface area contributed by atoms with Crippen molar-refractivity contribution in [3.8, 4) is 0 Å². The summed E-state index contributed by atoms with van der Waals surface area (Å²) in [6, 6.07) is 1.97. The zero-order valence-electron chi connectivity index (χ0n) is 10.2. The summed E-state index contributed by atoms with van der Waals surface area (Å²) in [6.07, 6.45) is 2.47. The first kappa shape index (κ1) is 11.2. The van der Waals surface area contributed by atoms with Crippen LogP contribution in [0, 0.1) is 5.92 Å². The van der Waals surface area contributed by atoms with Crippen LogP contribution in [0.5, 0.6) is 0 Å². The lowest BCUT2D eigenvalue weighted by atomic mass is 10.2. The van der Waals surface area contributed by atoms with Crippen LogP contribution in [0.3, 0.4) is 0 Å². The van der Waals surface area contributed by atoms with Gasteiger partial charge in [-0.25, -0.2) is 9.97 Å². The van der Waals surface area contributed by atoms with E-state index in [9.17, 15) is 0 Å². The highest BCUT2D eigenvalue weighted by Gasteiger charge is 2.27. The van der Waals surface area contributed by atoms with Gasteiger partial charge in [0.05, 0.1) is 0 Å². The van der Waals surface area contributed by atoms with Crippen molar-refractivity contribution < 1.29 is 0 Å². The second-order valence-corrected chi connectivity index (χ2v) is 4.80. The summed E-state index contributed by atoms with van der Waals surface area (Å²) >= 11 is 0. The molecule has 1 heterocycles. The highest BCUT2D eigenvalue weighted by molar-refractivity contribution is 5.47. The molecule has 0 bridgehead atoms. The van der Waals surface area contributed by atoms with Crippen LogP contribution >= 0.6 is 0 Å². The van der Waals surface area contributed by atoms with E-state index in [0.717, 1.165) is 24.0 Å². The highest BCUT2D eigenvalue weighted by atomic mass is 15.1. The molecular weight excluding hydrogens is 200 g/mol. The average Bonchev–Trinajstić information content (AvgIpc) is 3.09. The standard InChI is InChI=1S/C12H20N4/c1-8(2)7-14-11-6-10(13-3)15-12(16-11)9-4-5-9/h6,8-9H,4-5,7H2,1-3H3,(H2,13,14,15,16). The van der Waals surface area contributed by atoms with Gasteiger partial charge >= 0.3 is 0 Å². The van der Waals surface area contributed by atoms with Gasteiger partial charge in [0.25, 0.3) is 0 Å². The topological polar surface area (TPSA) is 49.8 Å². The maximum absolute atomic E-state index is 4.55. The molecule has 0 aliphatic heterocycles. The van der Waals surface area contributed by atoms with E-state index in [0.29, 0.717) is 11.8 Å². The van der Waals surface area contributed by atoms with Gasteiger partial charge in [0.2, 0.25) is 0 Å². The highest BCUT2D eigenvalue weighted by Crippen LogP contribution is 2.38. The summed E-state index contributed by atoms with van der Waals surface area (Å²) in [4.78, 5) is 9.03. The Balaban J connectivity index is 2.12. The van der Waals surface area contributed by atoms with E-state index < -0.39 is 0 Å². The molecule has 1 aromatic heterocycles. The molecule has 0 spiro atoms. The van der Waals surface area contributed by atoms with E-state index in [2.05, 4.69) is 34.4 Å². The van der Waals surface area contributed by atoms with Crippen molar-refractivity contribution in [3.63, 3.8) is 0 Å². The fourth-order valence-electron chi connectivity index (χ4n) is 1.52. The minimum absolute atomic E-state index is 0.591. The molecule has 1 aliphatic carbocycles. The summed E-state index contributed by atoms with van der Waals surface area (Å²) in [7, 11) is 1.89. The number of hydrogen-bond donors (Lipinski definition) is 2. The van der Waals surface area contributed by atoms with Gasteiger partial charge in [-0.2, -0.15) is 0 Å². The van der Waals surface area contributed by atoms with Crippen LogP contribution < -0.4 is 10.6 Å². The van der Waals surface area contributed by atoms with Crippen LogP contribution in [0.15, 0.2) is 6.07 Å². The Morgan fingerprint density at radius 3 is 2.56 bits per heavy atom. The number of rotatable bonds is 5. The molecule has 1 saturated carbocycles.